The van der Waals surface area contributed by atoms with E-state index in [0.29, 0.717) is 6.04 Å². The third kappa shape index (κ3) is 4.63. The summed E-state index contributed by atoms with van der Waals surface area (Å²) in [5.74, 6) is 0.821. The summed E-state index contributed by atoms with van der Waals surface area (Å²) in [7, 11) is 2.24. The highest BCUT2D eigenvalue weighted by molar-refractivity contribution is 5.18. The van der Waals surface area contributed by atoms with Crippen LogP contribution in [0.5, 0.6) is 0 Å². The summed E-state index contributed by atoms with van der Waals surface area (Å²) >= 11 is 0. The van der Waals surface area contributed by atoms with Crippen LogP contribution in [-0.2, 0) is 0 Å². The Labute approximate surface area is 118 Å². The molecule has 0 radical (unpaired) electrons. The molecule has 0 bridgehead atoms. The van der Waals surface area contributed by atoms with E-state index in [1.807, 2.05) is 0 Å². The molecule has 0 aliphatic carbocycles. The minimum atomic E-state index is 0.526. The first kappa shape index (κ1) is 14.5. The number of hydrogen-bond acceptors (Lipinski definition) is 2. The van der Waals surface area contributed by atoms with E-state index in [9.17, 15) is 0 Å². The highest BCUT2D eigenvalue weighted by Crippen LogP contribution is 2.20. The van der Waals surface area contributed by atoms with Gasteiger partial charge in [-0.3, -0.25) is 0 Å². The maximum atomic E-state index is 3.80. The van der Waals surface area contributed by atoms with Crippen LogP contribution in [0.15, 0.2) is 30.3 Å². The number of nitrogens with zero attached hydrogens (tertiary/aromatic N) is 1. The molecule has 2 atom stereocenters. The summed E-state index contributed by atoms with van der Waals surface area (Å²) < 4.78 is 0. The first-order valence-corrected chi connectivity index (χ1v) is 7.76. The zero-order valence-corrected chi connectivity index (χ0v) is 12.4. The lowest BCUT2D eigenvalue weighted by Gasteiger charge is -2.31. The van der Waals surface area contributed by atoms with Crippen molar-refractivity contribution in [2.75, 3.05) is 26.7 Å². The number of benzene rings is 1. The molecule has 0 spiro atoms. The van der Waals surface area contributed by atoms with Crippen molar-refractivity contribution < 1.29 is 0 Å². The van der Waals surface area contributed by atoms with Crippen LogP contribution in [0, 0.1) is 5.92 Å². The minimum Gasteiger partial charge on any atom is -0.310 e. The SMILES string of the molecule is CCCC(NCC1CCCN(C)C1)c1ccccc1. The van der Waals surface area contributed by atoms with Gasteiger partial charge in [-0.05, 0) is 50.9 Å². The molecule has 1 fully saturated rings. The highest BCUT2D eigenvalue weighted by Gasteiger charge is 2.18. The molecule has 1 heterocycles. The van der Waals surface area contributed by atoms with Crippen LogP contribution >= 0.6 is 0 Å². The third-order valence-electron chi connectivity index (χ3n) is 4.15. The number of hydrogen-bond donors (Lipinski definition) is 1. The quantitative estimate of drug-likeness (QED) is 0.842. The second-order valence-electron chi connectivity index (χ2n) is 5.93. The van der Waals surface area contributed by atoms with Gasteiger partial charge < -0.3 is 10.2 Å². The van der Waals surface area contributed by atoms with Crippen LogP contribution in [0.25, 0.3) is 0 Å². The minimum absolute atomic E-state index is 0.526. The van der Waals surface area contributed by atoms with Gasteiger partial charge in [0.25, 0.3) is 0 Å². The molecule has 0 amide bonds. The summed E-state index contributed by atoms with van der Waals surface area (Å²) in [6, 6.07) is 11.4. The molecule has 1 aliphatic rings. The molecule has 1 aliphatic heterocycles. The Bertz CT molecular complexity index is 350. The van der Waals surface area contributed by atoms with Crippen LogP contribution in [0.1, 0.15) is 44.2 Å². The zero-order valence-electron chi connectivity index (χ0n) is 12.4. The van der Waals surface area contributed by atoms with E-state index >= 15 is 0 Å². The van der Waals surface area contributed by atoms with Crippen molar-refractivity contribution in [3.63, 3.8) is 0 Å². The number of likely N-dealkylation sites (tertiary alicyclic amines) is 1. The van der Waals surface area contributed by atoms with Crippen molar-refractivity contribution in [1.29, 1.82) is 0 Å². The summed E-state index contributed by atoms with van der Waals surface area (Å²) in [6.07, 6.45) is 5.20. The fourth-order valence-electron chi connectivity index (χ4n) is 3.11. The van der Waals surface area contributed by atoms with Crippen LogP contribution in [0.4, 0.5) is 0 Å². The molecule has 1 saturated heterocycles. The Morgan fingerprint density at radius 3 is 2.79 bits per heavy atom. The lowest BCUT2D eigenvalue weighted by atomic mass is 9.96. The van der Waals surface area contributed by atoms with Crippen molar-refractivity contribution in [2.24, 2.45) is 5.92 Å². The van der Waals surface area contributed by atoms with Crippen LogP contribution < -0.4 is 5.32 Å². The van der Waals surface area contributed by atoms with E-state index in [2.05, 4.69) is 54.5 Å². The van der Waals surface area contributed by atoms with Crippen molar-refractivity contribution >= 4 is 0 Å². The van der Waals surface area contributed by atoms with E-state index in [1.165, 1.54) is 44.3 Å². The Morgan fingerprint density at radius 2 is 2.11 bits per heavy atom. The molecule has 2 rings (SSSR count). The van der Waals surface area contributed by atoms with Gasteiger partial charge in [0.15, 0.2) is 0 Å². The van der Waals surface area contributed by atoms with Gasteiger partial charge in [0.2, 0.25) is 0 Å². The van der Waals surface area contributed by atoms with Gasteiger partial charge in [-0.2, -0.15) is 0 Å². The third-order valence-corrected chi connectivity index (χ3v) is 4.15. The summed E-state index contributed by atoms with van der Waals surface area (Å²) in [6.45, 7) is 5.95. The van der Waals surface area contributed by atoms with Gasteiger partial charge in [-0.25, -0.2) is 0 Å². The average Bonchev–Trinajstić information content (AvgIpc) is 2.44. The normalized spacial score (nSPS) is 22.3. The second kappa shape index (κ2) is 7.66. The molecule has 1 N–H and O–H groups in total. The largest absolute Gasteiger partial charge is 0.310 e. The second-order valence-corrected chi connectivity index (χ2v) is 5.93. The number of piperidine rings is 1. The fraction of sp³-hybridized carbons (Fsp3) is 0.647. The van der Waals surface area contributed by atoms with Crippen molar-refractivity contribution in [2.45, 2.75) is 38.6 Å². The molecule has 2 unspecified atom stereocenters. The van der Waals surface area contributed by atoms with Crippen molar-refractivity contribution in [3.05, 3.63) is 35.9 Å². The lowest BCUT2D eigenvalue weighted by Crippen LogP contribution is -2.38. The topological polar surface area (TPSA) is 15.3 Å². The van der Waals surface area contributed by atoms with Crippen LogP contribution in [0.3, 0.4) is 0 Å². The molecule has 2 nitrogen and oxygen atoms in total. The molecular formula is C17H28N2. The van der Waals surface area contributed by atoms with Gasteiger partial charge in [0.05, 0.1) is 0 Å². The molecule has 106 valence electrons. The van der Waals surface area contributed by atoms with Crippen molar-refractivity contribution in [3.8, 4) is 0 Å². The van der Waals surface area contributed by atoms with E-state index < -0.39 is 0 Å². The van der Waals surface area contributed by atoms with E-state index in [4.69, 9.17) is 0 Å². The molecule has 2 heteroatoms. The van der Waals surface area contributed by atoms with E-state index in [-0.39, 0.29) is 0 Å². The Morgan fingerprint density at radius 1 is 1.32 bits per heavy atom. The van der Waals surface area contributed by atoms with Crippen molar-refractivity contribution in [1.82, 2.24) is 10.2 Å². The molecule has 1 aromatic carbocycles. The average molecular weight is 260 g/mol. The monoisotopic (exact) mass is 260 g/mol. The summed E-state index contributed by atoms with van der Waals surface area (Å²) in [5.41, 5.74) is 1.44. The van der Waals surface area contributed by atoms with E-state index in [1.54, 1.807) is 0 Å². The lowest BCUT2D eigenvalue weighted by molar-refractivity contribution is 0.202. The predicted octanol–water partition coefficient (Wildman–Crippen LogP) is 3.46. The molecule has 0 aromatic heterocycles. The number of rotatable bonds is 6. The molecular weight excluding hydrogens is 232 g/mol. The van der Waals surface area contributed by atoms with Gasteiger partial charge in [0.1, 0.15) is 0 Å². The predicted molar refractivity (Wildman–Crippen MR) is 82.3 cm³/mol. The Kier molecular flexibility index (Phi) is 5.87. The van der Waals surface area contributed by atoms with Crippen LogP contribution in [-0.4, -0.2) is 31.6 Å². The fourth-order valence-corrected chi connectivity index (χ4v) is 3.11. The standard InChI is InChI=1S/C17H28N2/c1-3-8-17(16-10-5-4-6-11-16)18-13-15-9-7-12-19(2)14-15/h4-6,10-11,15,17-18H,3,7-9,12-14H2,1-2H3. The number of nitrogens with one attached hydrogen (secondary N) is 1. The van der Waals surface area contributed by atoms with Gasteiger partial charge in [0, 0.05) is 12.6 Å². The van der Waals surface area contributed by atoms with Gasteiger partial charge in [-0.1, -0.05) is 43.7 Å². The molecule has 19 heavy (non-hydrogen) atoms. The first-order valence-electron chi connectivity index (χ1n) is 7.76. The Balaban J connectivity index is 1.86. The zero-order chi connectivity index (χ0) is 13.5. The summed E-state index contributed by atoms with van der Waals surface area (Å²) in [5, 5.41) is 3.80. The van der Waals surface area contributed by atoms with Crippen LogP contribution in [0.2, 0.25) is 0 Å². The Hall–Kier alpha value is -0.860. The summed E-state index contributed by atoms with van der Waals surface area (Å²) in [4.78, 5) is 2.47. The highest BCUT2D eigenvalue weighted by atomic mass is 15.1. The molecule has 1 aromatic rings. The van der Waals surface area contributed by atoms with E-state index in [0.717, 1.165) is 12.5 Å². The maximum Gasteiger partial charge on any atom is 0.0320 e. The molecule has 0 saturated carbocycles. The maximum absolute atomic E-state index is 3.80. The first-order chi connectivity index (χ1) is 9.29. The van der Waals surface area contributed by atoms with Gasteiger partial charge in [-0.15, -0.1) is 0 Å². The van der Waals surface area contributed by atoms with Gasteiger partial charge >= 0.3 is 0 Å². The smallest absolute Gasteiger partial charge is 0.0320 e.